The molecule has 0 aromatic rings. The molecule has 0 aromatic heterocycles. The van der Waals surface area contributed by atoms with Gasteiger partial charge in [-0.25, -0.2) is 5.01 Å². The van der Waals surface area contributed by atoms with Crippen LogP contribution in [-0.2, 0) is 9.53 Å². The van der Waals surface area contributed by atoms with Crippen molar-refractivity contribution in [1.82, 2.24) is 10.0 Å². The van der Waals surface area contributed by atoms with Gasteiger partial charge in [-0.05, 0) is 32.1 Å². The van der Waals surface area contributed by atoms with E-state index >= 15 is 0 Å². The van der Waals surface area contributed by atoms with E-state index in [0.717, 1.165) is 38.8 Å². The Labute approximate surface area is 110 Å². The number of carbonyl (C=O) groups is 1. The van der Waals surface area contributed by atoms with Crippen LogP contribution in [0.4, 0.5) is 0 Å². The molecule has 4 nitrogen and oxygen atoms in total. The Hall–Kier alpha value is -0.610. The van der Waals surface area contributed by atoms with Gasteiger partial charge in [-0.3, -0.25) is 9.80 Å². The molecule has 18 heavy (non-hydrogen) atoms. The van der Waals surface area contributed by atoms with Crippen molar-refractivity contribution in [2.75, 3.05) is 20.2 Å². The van der Waals surface area contributed by atoms with Crippen molar-refractivity contribution >= 4 is 5.91 Å². The van der Waals surface area contributed by atoms with Gasteiger partial charge in [0.25, 0.3) is 0 Å². The number of hydrogen-bond acceptors (Lipinski definition) is 3. The fraction of sp³-hybridized carbons (Fsp3) is 0.929. The molecule has 1 amide bonds. The third-order valence-electron chi connectivity index (χ3n) is 4.79. The van der Waals surface area contributed by atoms with Crippen molar-refractivity contribution in [3.63, 3.8) is 0 Å². The summed E-state index contributed by atoms with van der Waals surface area (Å²) >= 11 is 0. The van der Waals surface area contributed by atoms with Gasteiger partial charge in [0.1, 0.15) is 0 Å². The first-order valence-electron chi connectivity index (χ1n) is 7.30. The zero-order valence-corrected chi connectivity index (χ0v) is 11.9. The third kappa shape index (κ3) is 2.16. The molecule has 0 unspecified atom stereocenters. The molecule has 2 aliphatic heterocycles. The predicted octanol–water partition coefficient (Wildman–Crippen LogP) is 2.19. The van der Waals surface area contributed by atoms with Crippen molar-refractivity contribution in [1.29, 1.82) is 0 Å². The smallest absolute Gasteiger partial charge is 0.236 e. The number of hydrogen-bond donors (Lipinski definition) is 0. The van der Waals surface area contributed by atoms with Crippen LogP contribution in [0, 0.1) is 0 Å². The molecule has 4 heteroatoms. The summed E-state index contributed by atoms with van der Waals surface area (Å²) in [5, 5.41) is 4.28. The molecule has 0 radical (unpaired) electrons. The first-order valence-corrected chi connectivity index (χ1v) is 7.30. The highest BCUT2D eigenvalue weighted by Crippen LogP contribution is 2.36. The van der Waals surface area contributed by atoms with E-state index in [1.54, 1.807) is 0 Å². The molecular weight excluding hydrogens is 228 g/mol. The van der Waals surface area contributed by atoms with Crippen molar-refractivity contribution in [3.05, 3.63) is 0 Å². The average molecular weight is 254 g/mol. The molecule has 0 bridgehead atoms. The van der Waals surface area contributed by atoms with E-state index in [0.29, 0.717) is 18.4 Å². The molecule has 2 rings (SSSR count). The lowest BCUT2D eigenvalue weighted by molar-refractivity contribution is -0.160. The van der Waals surface area contributed by atoms with Crippen LogP contribution in [0.3, 0.4) is 0 Å². The van der Waals surface area contributed by atoms with Gasteiger partial charge in [0, 0.05) is 26.6 Å². The fourth-order valence-corrected chi connectivity index (χ4v) is 3.63. The number of nitrogens with zero attached hydrogens (tertiary/aromatic N) is 2. The summed E-state index contributed by atoms with van der Waals surface area (Å²) < 4.78 is 5.87. The number of amides is 1. The van der Waals surface area contributed by atoms with Crippen LogP contribution >= 0.6 is 0 Å². The van der Waals surface area contributed by atoms with E-state index < -0.39 is 0 Å². The normalized spacial score (nSPS) is 26.3. The number of carbonyl (C=O) groups excluding carboxylic acids is 1. The Bertz CT molecular complexity index is 294. The van der Waals surface area contributed by atoms with Crippen molar-refractivity contribution in [2.45, 2.75) is 64.0 Å². The largest absolute Gasteiger partial charge is 0.377 e. The van der Waals surface area contributed by atoms with Crippen molar-refractivity contribution < 1.29 is 9.53 Å². The monoisotopic (exact) mass is 254 g/mol. The second-order valence-electron chi connectivity index (χ2n) is 5.42. The number of ether oxygens (including phenoxy) is 1. The van der Waals surface area contributed by atoms with Crippen LogP contribution in [0.1, 0.15) is 52.4 Å². The minimum atomic E-state index is -0.0978. The minimum Gasteiger partial charge on any atom is -0.377 e. The number of methoxy groups -OCH3 is 1. The standard InChI is InChI=1S/C14H26N2O2/c1-4-14(5-2,18-3)12-8-6-10-15(12)16-11-7-9-13(16)17/h12H,4-11H2,1-3H3/t12-/m0/s1. The molecule has 2 saturated heterocycles. The summed E-state index contributed by atoms with van der Waals surface area (Å²) in [5.74, 6) is 0.291. The van der Waals surface area contributed by atoms with Crippen LogP contribution < -0.4 is 0 Å². The highest BCUT2D eigenvalue weighted by Gasteiger charge is 2.45. The summed E-state index contributed by atoms with van der Waals surface area (Å²) in [4.78, 5) is 11.9. The Morgan fingerprint density at radius 1 is 1.28 bits per heavy atom. The van der Waals surface area contributed by atoms with Crippen LogP contribution in [0.5, 0.6) is 0 Å². The number of rotatable bonds is 5. The first-order chi connectivity index (χ1) is 8.68. The molecule has 0 aromatic carbocycles. The summed E-state index contributed by atoms with van der Waals surface area (Å²) in [7, 11) is 1.81. The Balaban J connectivity index is 2.18. The Morgan fingerprint density at radius 3 is 2.50 bits per heavy atom. The van der Waals surface area contributed by atoms with Crippen LogP contribution in [0.25, 0.3) is 0 Å². The zero-order chi connectivity index (χ0) is 13.2. The predicted molar refractivity (Wildman–Crippen MR) is 71.0 cm³/mol. The van der Waals surface area contributed by atoms with Crippen LogP contribution in [0.15, 0.2) is 0 Å². The highest BCUT2D eigenvalue weighted by molar-refractivity contribution is 5.77. The van der Waals surface area contributed by atoms with Crippen LogP contribution in [-0.4, -0.2) is 47.8 Å². The summed E-state index contributed by atoms with van der Waals surface area (Å²) in [5.41, 5.74) is -0.0978. The topological polar surface area (TPSA) is 32.8 Å². The third-order valence-corrected chi connectivity index (χ3v) is 4.79. The Kier molecular flexibility index (Phi) is 4.28. The van der Waals surface area contributed by atoms with Crippen molar-refractivity contribution in [2.24, 2.45) is 0 Å². The van der Waals surface area contributed by atoms with Gasteiger partial charge in [0.15, 0.2) is 0 Å². The van der Waals surface area contributed by atoms with E-state index in [2.05, 4.69) is 18.9 Å². The summed E-state index contributed by atoms with van der Waals surface area (Å²) in [6, 6.07) is 0.361. The average Bonchev–Trinajstić information content (AvgIpc) is 3.01. The van der Waals surface area contributed by atoms with E-state index in [9.17, 15) is 4.79 Å². The molecule has 2 fully saturated rings. The Morgan fingerprint density at radius 2 is 2.00 bits per heavy atom. The lowest BCUT2D eigenvalue weighted by Crippen LogP contribution is -2.56. The lowest BCUT2D eigenvalue weighted by Gasteiger charge is -2.44. The second-order valence-corrected chi connectivity index (χ2v) is 5.42. The maximum atomic E-state index is 11.9. The molecular formula is C14H26N2O2. The van der Waals surface area contributed by atoms with Gasteiger partial charge in [0.2, 0.25) is 5.91 Å². The minimum absolute atomic E-state index is 0.0978. The maximum Gasteiger partial charge on any atom is 0.236 e. The van der Waals surface area contributed by atoms with E-state index in [4.69, 9.17) is 4.74 Å². The first kappa shape index (κ1) is 13.8. The fourth-order valence-electron chi connectivity index (χ4n) is 3.63. The van der Waals surface area contributed by atoms with Gasteiger partial charge < -0.3 is 4.74 Å². The van der Waals surface area contributed by atoms with Gasteiger partial charge in [-0.1, -0.05) is 13.8 Å². The molecule has 0 N–H and O–H groups in total. The highest BCUT2D eigenvalue weighted by atomic mass is 16.5. The van der Waals surface area contributed by atoms with E-state index in [1.165, 1.54) is 6.42 Å². The SMILES string of the molecule is CCC(CC)(OC)[C@@H]1CCCN1N1CCCC1=O. The van der Waals surface area contributed by atoms with Gasteiger partial charge in [0.05, 0.1) is 11.6 Å². The molecule has 0 aliphatic carbocycles. The maximum absolute atomic E-state index is 11.9. The van der Waals surface area contributed by atoms with Crippen LogP contribution in [0.2, 0.25) is 0 Å². The molecule has 1 atom stereocenters. The molecule has 0 saturated carbocycles. The van der Waals surface area contributed by atoms with E-state index in [-0.39, 0.29) is 5.60 Å². The number of hydrazine groups is 1. The summed E-state index contributed by atoms with van der Waals surface area (Å²) in [6.45, 7) is 6.27. The molecule has 104 valence electrons. The van der Waals surface area contributed by atoms with Gasteiger partial charge >= 0.3 is 0 Å². The second kappa shape index (κ2) is 5.57. The molecule has 2 aliphatic rings. The van der Waals surface area contributed by atoms with Gasteiger partial charge in [-0.15, -0.1) is 0 Å². The lowest BCUT2D eigenvalue weighted by atomic mass is 9.87. The van der Waals surface area contributed by atoms with E-state index in [1.807, 2.05) is 12.1 Å². The zero-order valence-electron chi connectivity index (χ0n) is 11.9. The van der Waals surface area contributed by atoms with Gasteiger partial charge in [-0.2, -0.15) is 0 Å². The summed E-state index contributed by atoms with van der Waals surface area (Å²) in [6.07, 6.45) is 6.02. The quantitative estimate of drug-likeness (QED) is 0.754. The molecule has 0 spiro atoms. The molecule has 2 heterocycles. The van der Waals surface area contributed by atoms with Crippen molar-refractivity contribution in [3.8, 4) is 0 Å².